The van der Waals surface area contributed by atoms with Crippen LogP contribution in [0.5, 0.6) is 0 Å². The number of nitrogens with one attached hydrogen (secondary N) is 2. The number of likely N-dealkylation sites (tertiary alicyclic amines) is 3. The van der Waals surface area contributed by atoms with Crippen LogP contribution in [0.1, 0.15) is 67.7 Å². The summed E-state index contributed by atoms with van der Waals surface area (Å²) >= 11 is 0. The van der Waals surface area contributed by atoms with E-state index in [2.05, 4.69) is 22.6 Å². The minimum Gasteiger partial charge on any atom is -0.341 e. The van der Waals surface area contributed by atoms with Crippen molar-refractivity contribution < 1.29 is 27.6 Å². The number of rotatable bonds is 7. The molecule has 4 heterocycles. The van der Waals surface area contributed by atoms with Crippen molar-refractivity contribution in [2.75, 3.05) is 58.2 Å². The van der Waals surface area contributed by atoms with Gasteiger partial charge in [-0.05, 0) is 112 Å². The van der Waals surface area contributed by atoms with Crippen LogP contribution in [-0.4, -0.2) is 103 Å². The topological polar surface area (TPSA) is 88.2 Å². The van der Waals surface area contributed by atoms with E-state index < -0.39 is 17.8 Å². The van der Waals surface area contributed by atoms with Gasteiger partial charge in [-0.1, -0.05) is 37.3 Å². The zero-order valence-corrected chi connectivity index (χ0v) is 29.3. The van der Waals surface area contributed by atoms with Gasteiger partial charge in [-0.3, -0.25) is 4.79 Å². The molecule has 0 spiro atoms. The lowest BCUT2D eigenvalue weighted by Crippen LogP contribution is -2.57. The lowest BCUT2D eigenvalue weighted by molar-refractivity contribution is -0.138. The number of para-hydroxylation sites is 1. The molecule has 50 heavy (non-hydrogen) atoms. The first-order valence-electron chi connectivity index (χ1n) is 18.4. The molecule has 6 rings (SSSR count). The Hall–Kier alpha value is -3.80. The van der Waals surface area contributed by atoms with E-state index in [1.54, 1.807) is 11.8 Å². The van der Waals surface area contributed by atoms with Crippen LogP contribution in [0.25, 0.3) is 0 Å². The van der Waals surface area contributed by atoms with Gasteiger partial charge in [-0.25, -0.2) is 9.59 Å². The normalized spacial score (nSPS) is 21.0. The van der Waals surface area contributed by atoms with Crippen LogP contribution in [0.4, 0.5) is 28.4 Å². The Morgan fingerprint density at radius 3 is 2.18 bits per heavy atom. The van der Waals surface area contributed by atoms with Gasteiger partial charge < -0.3 is 30.2 Å². The maximum Gasteiger partial charge on any atom is 0.416 e. The third-order valence-electron chi connectivity index (χ3n) is 11.5. The molecule has 0 saturated carbocycles. The minimum absolute atomic E-state index is 0.0173. The fourth-order valence-corrected chi connectivity index (χ4v) is 8.45. The van der Waals surface area contributed by atoms with Gasteiger partial charge in [0.05, 0.1) is 5.56 Å². The van der Waals surface area contributed by atoms with Gasteiger partial charge in [-0.2, -0.15) is 13.2 Å². The van der Waals surface area contributed by atoms with E-state index in [4.69, 9.17) is 0 Å². The monoisotopic (exact) mass is 696 g/mol. The Bertz CT molecular complexity index is 1510. The van der Waals surface area contributed by atoms with Gasteiger partial charge >= 0.3 is 18.2 Å². The van der Waals surface area contributed by atoms with Crippen LogP contribution in [0.2, 0.25) is 0 Å². The molecule has 0 unspecified atom stereocenters. The maximum atomic E-state index is 14.1. The van der Waals surface area contributed by atoms with Crippen LogP contribution in [0.3, 0.4) is 0 Å². The van der Waals surface area contributed by atoms with E-state index in [9.17, 15) is 27.6 Å². The third kappa shape index (κ3) is 8.38. The number of hydrogen-bond acceptors (Lipinski definition) is 4. The molecule has 2 aromatic carbocycles. The molecule has 1 atom stereocenters. The first kappa shape index (κ1) is 36.0. The van der Waals surface area contributed by atoms with E-state index >= 15 is 0 Å². The second kappa shape index (κ2) is 15.6. The molecule has 3 saturated heterocycles. The summed E-state index contributed by atoms with van der Waals surface area (Å²) < 4.78 is 41.0. The number of nitrogens with zero attached hydrogens (tertiary/aromatic N) is 4. The highest BCUT2D eigenvalue weighted by Gasteiger charge is 2.37. The first-order valence-corrected chi connectivity index (χ1v) is 18.4. The van der Waals surface area contributed by atoms with E-state index in [1.807, 2.05) is 34.1 Å². The SMILES string of the molecule is CCc1cc(C[C@@H](NC(=O)N2CCC(N3CCc4ccccc4NC3=O)CC2)C(=O)N2CCC(C3CCN(C)CC3)CC2)ccc1C(F)(F)F. The third-order valence-corrected chi connectivity index (χ3v) is 11.5. The highest BCUT2D eigenvalue weighted by atomic mass is 19.4. The first-order chi connectivity index (χ1) is 24.0. The number of aryl methyl sites for hydroxylation is 1. The number of alkyl halides is 3. The Morgan fingerprint density at radius 1 is 0.880 bits per heavy atom. The molecule has 0 aliphatic carbocycles. The molecular formula is C38H51F3N6O3. The Balaban J connectivity index is 1.11. The number of benzene rings is 2. The second-order valence-corrected chi connectivity index (χ2v) is 14.6. The van der Waals surface area contributed by atoms with Crippen LogP contribution < -0.4 is 10.6 Å². The van der Waals surface area contributed by atoms with Gasteiger partial charge in [0.2, 0.25) is 5.91 Å². The summed E-state index contributed by atoms with van der Waals surface area (Å²) in [5.74, 6) is 1.05. The molecule has 0 bridgehead atoms. The molecule has 0 radical (unpaired) electrons. The molecule has 2 aromatic rings. The van der Waals surface area contributed by atoms with E-state index in [1.165, 1.54) is 25.0 Å². The zero-order chi connectivity index (χ0) is 35.4. The van der Waals surface area contributed by atoms with Gasteiger partial charge in [0.15, 0.2) is 0 Å². The second-order valence-electron chi connectivity index (χ2n) is 14.6. The van der Waals surface area contributed by atoms with Crippen LogP contribution >= 0.6 is 0 Å². The Labute approximate surface area is 293 Å². The number of hydrogen-bond donors (Lipinski definition) is 2. The number of piperidine rings is 3. The number of fused-ring (bicyclic) bond motifs is 1. The van der Waals surface area contributed by atoms with Crippen LogP contribution in [-0.2, 0) is 30.2 Å². The smallest absolute Gasteiger partial charge is 0.341 e. The van der Waals surface area contributed by atoms with Crippen molar-refractivity contribution in [1.82, 2.24) is 24.9 Å². The summed E-state index contributed by atoms with van der Waals surface area (Å²) in [5.41, 5.74) is 2.02. The molecule has 0 aromatic heterocycles. The lowest BCUT2D eigenvalue weighted by atomic mass is 9.79. The van der Waals surface area contributed by atoms with Gasteiger partial charge in [0, 0.05) is 50.9 Å². The van der Waals surface area contributed by atoms with Gasteiger partial charge in [0.1, 0.15) is 6.04 Å². The number of urea groups is 2. The van der Waals surface area contributed by atoms with E-state index in [0.29, 0.717) is 63.0 Å². The number of carbonyl (C=O) groups is 3. The number of anilines is 1. The van der Waals surface area contributed by atoms with Crippen molar-refractivity contribution in [3.05, 3.63) is 64.7 Å². The molecule has 3 fully saturated rings. The molecule has 272 valence electrons. The quantitative estimate of drug-likeness (QED) is 0.371. The van der Waals surface area contributed by atoms with Crippen molar-refractivity contribution in [3.8, 4) is 0 Å². The Kier molecular flexibility index (Phi) is 11.2. The molecule has 9 nitrogen and oxygen atoms in total. The highest BCUT2D eigenvalue weighted by molar-refractivity contribution is 5.91. The highest BCUT2D eigenvalue weighted by Crippen LogP contribution is 2.34. The average molecular weight is 697 g/mol. The van der Waals surface area contributed by atoms with Crippen molar-refractivity contribution >= 4 is 23.7 Å². The number of carbonyl (C=O) groups excluding carboxylic acids is 3. The predicted octanol–water partition coefficient (Wildman–Crippen LogP) is 6.02. The van der Waals surface area contributed by atoms with Crippen molar-refractivity contribution in [3.63, 3.8) is 0 Å². The van der Waals surface area contributed by atoms with Crippen LogP contribution in [0, 0.1) is 11.8 Å². The lowest BCUT2D eigenvalue weighted by Gasteiger charge is -2.41. The summed E-state index contributed by atoms with van der Waals surface area (Å²) in [6.07, 6.45) is 2.01. The van der Waals surface area contributed by atoms with Crippen molar-refractivity contribution in [2.45, 2.75) is 83.0 Å². The van der Waals surface area contributed by atoms with Crippen molar-refractivity contribution in [2.24, 2.45) is 11.8 Å². The predicted molar refractivity (Wildman–Crippen MR) is 187 cm³/mol. The summed E-state index contributed by atoms with van der Waals surface area (Å²) in [5, 5.41) is 6.02. The summed E-state index contributed by atoms with van der Waals surface area (Å²) in [4.78, 5) is 48.7. The maximum absolute atomic E-state index is 14.1. The average Bonchev–Trinajstić information content (AvgIpc) is 3.29. The van der Waals surface area contributed by atoms with Gasteiger partial charge in [0.25, 0.3) is 0 Å². The van der Waals surface area contributed by atoms with Gasteiger partial charge in [-0.15, -0.1) is 0 Å². The van der Waals surface area contributed by atoms with E-state index in [-0.39, 0.29) is 42.4 Å². The molecule has 4 aliphatic heterocycles. The fourth-order valence-electron chi connectivity index (χ4n) is 8.45. The molecule has 12 heteroatoms. The molecule has 4 aliphatic rings. The van der Waals surface area contributed by atoms with Crippen molar-refractivity contribution in [1.29, 1.82) is 0 Å². The summed E-state index contributed by atoms with van der Waals surface area (Å²) in [7, 11) is 2.15. The Morgan fingerprint density at radius 2 is 1.52 bits per heavy atom. The number of halogens is 3. The van der Waals surface area contributed by atoms with Crippen LogP contribution in [0.15, 0.2) is 42.5 Å². The molecular weight excluding hydrogens is 645 g/mol. The fraction of sp³-hybridized carbons (Fsp3) is 0.605. The standard InChI is InChI=1S/C38H51F3N6O3/c1-3-27-24-26(8-9-32(27)38(39,40)41)25-34(35(48)45-19-12-29(13-20-45)28-10-17-44(2)18-11-28)43-36(49)46-21-15-31(16-22-46)47-23-14-30-6-4-5-7-33(30)42-37(47)50/h4-9,24,28-29,31,34H,3,10-23,25H2,1-2H3,(H,42,50)(H,43,49)/t34-/m1/s1. The minimum atomic E-state index is -4.46. The summed E-state index contributed by atoms with van der Waals surface area (Å²) in [6.45, 7) is 6.56. The summed E-state index contributed by atoms with van der Waals surface area (Å²) in [6, 6.07) is 10.4. The number of amides is 5. The molecule has 5 amide bonds. The largest absolute Gasteiger partial charge is 0.416 e. The zero-order valence-electron chi connectivity index (χ0n) is 29.3. The molecule has 2 N–H and O–H groups in total. The van der Waals surface area contributed by atoms with E-state index in [0.717, 1.165) is 49.7 Å².